The van der Waals surface area contributed by atoms with Crippen LogP contribution in [0.3, 0.4) is 0 Å². The van der Waals surface area contributed by atoms with E-state index < -0.39 is 10.0 Å². The highest BCUT2D eigenvalue weighted by molar-refractivity contribution is 7.89. The number of anilines is 1. The lowest BCUT2D eigenvalue weighted by Gasteiger charge is -2.16. The minimum atomic E-state index is -3.77. The number of rotatable bonds is 7. The molecule has 2 N–H and O–H groups in total. The van der Waals surface area contributed by atoms with Gasteiger partial charge in [0.15, 0.2) is 0 Å². The molecule has 1 aromatic carbocycles. The Morgan fingerprint density at radius 2 is 2.04 bits per heavy atom. The quantitative estimate of drug-likeness (QED) is 0.730. The maximum Gasteiger partial charge on any atom is 0.244 e. The SMILES string of the molecule is CCc1noc(NC(C)=O)c1-c1ccc(OC)c(S(=O)(=O)NC2CCCC2)c1. The summed E-state index contributed by atoms with van der Waals surface area (Å²) in [5.74, 6) is 0.149. The number of carbonyl (C=O) groups excluding carboxylic acids is 1. The summed E-state index contributed by atoms with van der Waals surface area (Å²) < 4.78 is 39.3. The number of ether oxygens (including phenoxy) is 1. The Kier molecular flexibility index (Phi) is 6.04. The summed E-state index contributed by atoms with van der Waals surface area (Å²) in [6.45, 7) is 3.27. The van der Waals surface area contributed by atoms with E-state index in [1.54, 1.807) is 12.1 Å². The van der Waals surface area contributed by atoms with E-state index in [0.717, 1.165) is 25.7 Å². The topological polar surface area (TPSA) is 111 Å². The summed E-state index contributed by atoms with van der Waals surface area (Å²) in [6.07, 6.45) is 4.27. The largest absolute Gasteiger partial charge is 0.495 e. The first-order valence-electron chi connectivity index (χ1n) is 9.32. The van der Waals surface area contributed by atoms with Crippen molar-refractivity contribution in [2.75, 3.05) is 12.4 Å². The maximum absolute atomic E-state index is 13.0. The number of hydrogen-bond acceptors (Lipinski definition) is 6. The van der Waals surface area contributed by atoms with Crippen molar-refractivity contribution in [2.24, 2.45) is 0 Å². The lowest BCUT2D eigenvalue weighted by molar-refractivity contribution is -0.114. The molecule has 152 valence electrons. The lowest BCUT2D eigenvalue weighted by atomic mass is 10.0. The molecule has 1 aliphatic rings. The molecule has 0 atom stereocenters. The van der Waals surface area contributed by atoms with Crippen LogP contribution in [0.25, 0.3) is 11.1 Å². The summed E-state index contributed by atoms with van der Waals surface area (Å²) in [7, 11) is -2.34. The number of sulfonamides is 1. The number of aryl methyl sites for hydroxylation is 1. The maximum atomic E-state index is 13.0. The molecular weight excluding hydrogens is 382 g/mol. The van der Waals surface area contributed by atoms with Gasteiger partial charge in [0.2, 0.25) is 21.8 Å². The van der Waals surface area contributed by atoms with E-state index in [9.17, 15) is 13.2 Å². The fourth-order valence-corrected chi connectivity index (χ4v) is 4.98. The van der Waals surface area contributed by atoms with E-state index in [2.05, 4.69) is 15.2 Å². The summed E-state index contributed by atoms with van der Waals surface area (Å²) in [5.41, 5.74) is 1.77. The van der Waals surface area contributed by atoms with Crippen molar-refractivity contribution < 1.29 is 22.5 Å². The van der Waals surface area contributed by atoms with Crippen LogP contribution in [0.15, 0.2) is 27.6 Å². The number of aromatic nitrogens is 1. The second kappa shape index (κ2) is 8.32. The molecule has 0 saturated heterocycles. The van der Waals surface area contributed by atoms with Gasteiger partial charge >= 0.3 is 0 Å². The Hall–Kier alpha value is -2.39. The van der Waals surface area contributed by atoms with E-state index in [-0.39, 0.29) is 28.5 Å². The monoisotopic (exact) mass is 407 g/mol. The second-order valence-corrected chi connectivity index (χ2v) is 8.52. The minimum Gasteiger partial charge on any atom is -0.495 e. The third-order valence-electron chi connectivity index (χ3n) is 4.81. The normalized spacial score (nSPS) is 15.0. The van der Waals surface area contributed by atoms with Crippen LogP contribution < -0.4 is 14.8 Å². The Bertz CT molecular complexity index is 962. The average Bonchev–Trinajstić information content (AvgIpc) is 3.30. The first-order valence-corrected chi connectivity index (χ1v) is 10.8. The highest BCUT2D eigenvalue weighted by Crippen LogP contribution is 2.36. The van der Waals surface area contributed by atoms with Crippen LogP contribution in [0, 0.1) is 0 Å². The number of carbonyl (C=O) groups is 1. The molecule has 1 aromatic heterocycles. The molecule has 1 amide bonds. The van der Waals surface area contributed by atoms with Gasteiger partial charge in [0, 0.05) is 13.0 Å². The molecular formula is C19H25N3O5S. The van der Waals surface area contributed by atoms with Crippen LogP contribution in [-0.2, 0) is 21.2 Å². The van der Waals surface area contributed by atoms with E-state index in [0.29, 0.717) is 23.2 Å². The van der Waals surface area contributed by atoms with Gasteiger partial charge in [-0.3, -0.25) is 10.1 Å². The molecule has 28 heavy (non-hydrogen) atoms. The van der Waals surface area contributed by atoms with Gasteiger partial charge in [-0.25, -0.2) is 13.1 Å². The summed E-state index contributed by atoms with van der Waals surface area (Å²) in [4.78, 5) is 11.5. The van der Waals surface area contributed by atoms with Crippen molar-refractivity contribution in [3.8, 4) is 16.9 Å². The molecule has 1 aliphatic carbocycles. The van der Waals surface area contributed by atoms with Crippen LogP contribution in [-0.4, -0.2) is 32.6 Å². The third-order valence-corrected chi connectivity index (χ3v) is 6.35. The van der Waals surface area contributed by atoms with Crippen LogP contribution >= 0.6 is 0 Å². The molecule has 1 heterocycles. The van der Waals surface area contributed by atoms with E-state index in [1.807, 2.05) is 6.92 Å². The van der Waals surface area contributed by atoms with E-state index >= 15 is 0 Å². The molecule has 0 spiro atoms. The highest BCUT2D eigenvalue weighted by atomic mass is 32.2. The fraction of sp³-hybridized carbons (Fsp3) is 0.474. The van der Waals surface area contributed by atoms with Gasteiger partial charge in [-0.05, 0) is 37.0 Å². The number of methoxy groups -OCH3 is 1. The van der Waals surface area contributed by atoms with Gasteiger partial charge in [0.05, 0.1) is 18.4 Å². The standard InChI is InChI=1S/C19H25N3O5S/c1-4-15-18(19(27-21-15)20-12(2)23)13-9-10-16(26-3)17(11-13)28(24,25)22-14-7-5-6-8-14/h9-11,14,22H,4-8H2,1-3H3,(H,20,23). The first kappa shape index (κ1) is 20.3. The molecule has 2 aromatic rings. The summed E-state index contributed by atoms with van der Waals surface area (Å²) in [6, 6.07) is 4.80. The van der Waals surface area contributed by atoms with Gasteiger partial charge < -0.3 is 9.26 Å². The first-order chi connectivity index (χ1) is 13.4. The Morgan fingerprint density at radius 1 is 1.32 bits per heavy atom. The van der Waals surface area contributed by atoms with Crippen molar-refractivity contribution in [1.29, 1.82) is 0 Å². The lowest BCUT2D eigenvalue weighted by Crippen LogP contribution is -2.32. The molecule has 0 radical (unpaired) electrons. The van der Waals surface area contributed by atoms with Crippen molar-refractivity contribution in [3.63, 3.8) is 0 Å². The van der Waals surface area contributed by atoms with E-state index in [1.165, 1.54) is 20.1 Å². The van der Waals surface area contributed by atoms with Crippen LogP contribution in [0.4, 0.5) is 5.88 Å². The Balaban J connectivity index is 2.06. The van der Waals surface area contributed by atoms with E-state index in [4.69, 9.17) is 9.26 Å². The second-order valence-electron chi connectivity index (χ2n) is 6.84. The fourth-order valence-electron chi connectivity index (χ4n) is 3.48. The van der Waals surface area contributed by atoms with Gasteiger partial charge in [-0.15, -0.1) is 0 Å². The molecule has 9 heteroatoms. The van der Waals surface area contributed by atoms with Crippen molar-refractivity contribution >= 4 is 21.8 Å². The summed E-state index contributed by atoms with van der Waals surface area (Å²) in [5, 5.41) is 6.60. The molecule has 1 saturated carbocycles. The highest BCUT2D eigenvalue weighted by Gasteiger charge is 2.27. The average molecular weight is 407 g/mol. The molecule has 0 unspecified atom stereocenters. The van der Waals surface area contributed by atoms with Crippen molar-refractivity contribution in [3.05, 3.63) is 23.9 Å². The number of nitrogens with one attached hydrogen (secondary N) is 2. The van der Waals surface area contributed by atoms with Gasteiger partial charge in [0.1, 0.15) is 10.6 Å². The molecule has 3 rings (SSSR count). The van der Waals surface area contributed by atoms with Gasteiger partial charge in [0.25, 0.3) is 0 Å². The van der Waals surface area contributed by atoms with Gasteiger partial charge in [-0.2, -0.15) is 0 Å². The minimum absolute atomic E-state index is 0.0522. The zero-order valence-corrected chi connectivity index (χ0v) is 17.1. The van der Waals surface area contributed by atoms with Crippen molar-refractivity contribution in [1.82, 2.24) is 9.88 Å². The van der Waals surface area contributed by atoms with Crippen LogP contribution in [0.2, 0.25) is 0 Å². The number of benzene rings is 1. The predicted octanol–water partition coefficient (Wildman–Crippen LogP) is 3.09. The number of nitrogens with zero attached hydrogens (tertiary/aromatic N) is 1. The Labute approximate surface area is 164 Å². The number of amides is 1. The molecule has 0 bridgehead atoms. The van der Waals surface area contributed by atoms with Crippen LogP contribution in [0.1, 0.15) is 45.2 Å². The van der Waals surface area contributed by atoms with Gasteiger partial charge in [-0.1, -0.05) is 31.0 Å². The zero-order valence-electron chi connectivity index (χ0n) is 16.2. The van der Waals surface area contributed by atoms with Crippen LogP contribution in [0.5, 0.6) is 5.75 Å². The summed E-state index contributed by atoms with van der Waals surface area (Å²) >= 11 is 0. The van der Waals surface area contributed by atoms with Crippen molar-refractivity contribution in [2.45, 2.75) is 56.9 Å². The number of hydrogen-bond donors (Lipinski definition) is 2. The molecule has 0 aliphatic heterocycles. The predicted molar refractivity (Wildman–Crippen MR) is 105 cm³/mol. The molecule has 1 fully saturated rings. The smallest absolute Gasteiger partial charge is 0.244 e. The third kappa shape index (κ3) is 4.20. The molecule has 8 nitrogen and oxygen atoms in total. The Morgan fingerprint density at radius 3 is 2.64 bits per heavy atom. The zero-order chi connectivity index (χ0) is 20.3.